The molecule has 0 aliphatic carbocycles. The third kappa shape index (κ3) is 71.3. The number of primary amides is 1. The van der Waals surface area contributed by atoms with Crippen LogP contribution >= 0.6 is 35.5 Å². The molecule has 3 atom stereocenters. The fraction of sp³-hybridized carbons (Fsp3) is 0.853. The molecule has 0 radical (unpaired) electrons. The highest BCUT2D eigenvalue weighted by Gasteiger charge is 2.16. The van der Waals surface area contributed by atoms with Gasteiger partial charge in [-0.1, -0.05) is 70.6 Å². The lowest BCUT2D eigenvalue weighted by molar-refractivity contribution is -0.128. The third-order valence-corrected chi connectivity index (χ3v) is 16.3. The van der Waals surface area contributed by atoms with Crippen molar-refractivity contribution >= 4 is 94.6 Å². The summed E-state index contributed by atoms with van der Waals surface area (Å²) in [6.07, 6.45) is 23.2. The van der Waals surface area contributed by atoms with Gasteiger partial charge in [-0.2, -0.15) is 12.6 Å². The molecule has 0 saturated heterocycles. The van der Waals surface area contributed by atoms with Crippen molar-refractivity contribution in [1.82, 2.24) is 51.4 Å². The van der Waals surface area contributed by atoms with Crippen LogP contribution in [0.1, 0.15) is 161 Å². The number of unbranched alkanes of at least 4 members (excludes halogenated alkanes) is 15. The molecule has 600 valence electrons. The Hall–Kier alpha value is -4.74. The van der Waals surface area contributed by atoms with E-state index in [9.17, 15) is 47.9 Å². The third-order valence-electron chi connectivity index (χ3n) is 15.2. The zero-order valence-electron chi connectivity index (χ0n) is 61.3. The fourth-order valence-corrected chi connectivity index (χ4v) is 10.2. The molecular formula is C68H130IN13O20S. The average molecular weight is 1610 g/mol. The Balaban J connectivity index is 3.55. The monoisotopic (exact) mass is 1610 g/mol. The highest BCUT2D eigenvalue weighted by Crippen LogP contribution is 2.13. The van der Waals surface area contributed by atoms with Crippen molar-refractivity contribution < 1.29 is 95.3 Å². The van der Waals surface area contributed by atoms with E-state index in [2.05, 4.69) is 64.0 Å². The second-order valence-corrected chi connectivity index (χ2v) is 25.4. The van der Waals surface area contributed by atoms with E-state index in [4.69, 9.17) is 64.6 Å². The summed E-state index contributed by atoms with van der Waals surface area (Å²) in [6.45, 7) is 5.54. The van der Waals surface area contributed by atoms with Gasteiger partial charge >= 0.3 is 0 Å². The molecule has 0 aromatic rings. The molecule has 0 aliphatic heterocycles. The molecule has 16 N–H and O–H groups in total. The van der Waals surface area contributed by atoms with Crippen molar-refractivity contribution in [2.75, 3.05) is 197 Å². The van der Waals surface area contributed by atoms with Gasteiger partial charge < -0.3 is 112 Å². The van der Waals surface area contributed by atoms with Gasteiger partial charge in [0.1, 0.15) is 33.0 Å². The first kappa shape index (κ1) is 98.3. The van der Waals surface area contributed by atoms with Crippen LogP contribution < -0.4 is 68.6 Å². The van der Waals surface area contributed by atoms with E-state index in [0.717, 1.165) is 25.0 Å². The highest BCUT2D eigenvalue weighted by molar-refractivity contribution is 14.1. The van der Waals surface area contributed by atoms with E-state index in [-0.39, 0.29) is 218 Å². The number of carbonyl (C=O) groups is 10. The molecule has 0 heterocycles. The minimum absolute atomic E-state index is 0.0468. The van der Waals surface area contributed by atoms with Crippen LogP contribution in [0.25, 0.3) is 0 Å². The number of hydrogen-bond donors (Lipinski definition) is 14. The minimum atomic E-state index is -0.713. The Morgan fingerprint density at radius 2 is 0.534 bits per heavy atom. The molecule has 0 spiro atoms. The number of nitrogens with two attached hydrogens (primary N) is 3. The van der Waals surface area contributed by atoms with Gasteiger partial charge in [-0.25, -0.2) is 3.53 Å². The van der Waals surface area contributed by atoms with E-state index in [1.165, 1.54) is 70.6 Å². The van der Waals surface area contributed by atoms with E-state index in [1.54, 1.807) is 0 Å². The van der Waals surface area contributed by atoms with E-state index < -0.39 is 24.0 Å². The van der Waals surface area contributed by atoms with Crippen LogP contribution in [0.15, 0.2) is 0 Å². The van der Waals surface area contributed by atoms with Crippen molar-refractivity contribution in [3.63, 3.8) is 0 Å². The number of nitrogens with one attached hydrogen (secondary N) is 10. The molecule has 33 nitrogen and oxygen atoms in total. The predicted molar refractivity (Wildman–Crippen MR) is 401 cm³/mol. The smallest absolute Gasteiger partial charge is 0.246 e. The van der Waals surface area contributed by atoms with Crippen LogP contribution in [0.2, 0.25) is 0 Å². The minimum Gasteiger partial charge on any atom is -0.377 e. The van der Waals surface area contributed by atoms with Gasteiger partial charge in [0.05, 0.1) is 117 Å². The molecule has 0 bridgehead atoms. The summed E-state index contributed by atoms with van der Waals surface area (Å²) < 4.78 is 56.4. The lowest BCUT2D eigenvalue weighted by Crippen LogP contribution is -2.42. The van der Waals surface area contributed by atoms with Crippen molar-refractivity contribution in [2.45, 2.75) is 179 Å². The van der Waals surface area contributed by atoms with Gasteiger partial charge in [0.25, 0.3) is 0 Å². The summed E-state index contributed by atoms with van der Waals surface area (Å²) in [6, 6.07) is -1.77. The standard InChI is InChI=1S/C68H130IN13O20S/c69-82-58(66(72)90)23-15-18-27-75-61(85)51-98-45-40-93-35-30-76-62(86)52-99-46-41-94-36-31-77-63(87)53-100-47-42-95-37-32-78-64(88)54-101-48-43-96-38-33-79-65(89)55-102-49-44-97-39-34-81-68(92)57(71)22-14-17-28-80-67(91)56(70)21-13-16-26-73-60(84)25-20-29-74-59(83)24-12-10-8-6-4-2-1-3-5-7-9-11-19-50-103/h56-58,82,103H,1-55,70-71H2,(H2,72,90)(H,73,84)(H,74,83)(H,75,85)(H,76,86)(H,77,87)(H,78,88)(H,79,89)(H,80,91)(H,81,92)/t56-,57-,58-/m0/s1. The van der Waals surface area contributed by atoms with Crippen LogP contribution in [0.4, 0.5) is 0 Å². The Bertz CT molecular complexity index is 2170. The fourth-order valence-electron chi connectivity index (χ4n) is 9.37. The number of carbonyl (C=O) groups excluding carboxylic acids is 10. The van der Waals surface area contributed by atoms with Crippen molar-refractivity contribution in [3.8, 4) is 0 Å². The summed E-state index contributed by atoms with van der Waals surface area (Å²) in [5, 5.41) is 24.8. The molecule has 0 saturated carbocycles. The first-order valence-electron chi connectivity index (χ1n) is 37.1. The number of hydrogen-bond acceptors (Lipinski definition) is 24. The molecule has 35 heteroatoms. The topological polar surface area (TPSA) is 461 Å². The molecule has 10 amide bonds. The maximum Gasteiger partial charge on any atom is 0.246 e. The Kier molecular flexibility index (Phi) is 72.0. The van der Waals surface area contributed by atoms with Crippen LogP contribution in [0.5, 0.6) is 0 Å². The first-order chi connectivity index (χ1) is 50.1. The summed E-state index contributed by atoms with van der Waals surface area (Å²) in [7, 11) is 0. The summed E-state index contributed by atoms with van der Waals surface area (Å²) >= 11 is 6.15. The van der Waals surface area contributed by atoms with Crippen LogP contribution in [0, 0.1) is 0 Å². The number of halogens is 1. The summed E-state index contributed by atoms with van der Waals surface area (Å²) in [5.41, 5.74) is 17.4. The number of thiol groups is 1. The van der Waals surface area contributed by atoms with E-state index >= 15 is 0 Å². The Labute approximate surface area is 630 Å². The van der Waals surface area contributed by atoms with Gasteiger partial charge in [-0.15, -0.1) is 0 Å². The molecular weight excluding hydrogens is 1480 g/mol. The second-order valence-electron chi connectivity index (χ2n) is 24.3. The molecule has 0 fully saturated rings. The lowest BCUT2D eigenvalue weighted by atomic mass is 10.0. The van der Waals surface area contributed by atoms with E-state index in [1.807, 2.05) is 22.9 Å². The quantitative estimate of drug-likeness (QED) is 0.0169. The molecule has 0 unspecified atom stereocenters. The van der Waals surface area contributed by atoms with E-state index in [0.29, 0.717) is 96.8 Å². The summed E-state index contributed by atoms with van der Waals surface area (Å²) in [5.74, 6) is -1.55. The first-order valence-corrected chi connectivity index (χ1v) is 38.8. The van der Waals surface area contributed by atoms with Crippen molar-refractivity contribution in [1.29, 1.82) is 0 Å². The van der Waals surface area contributed by atoms with Gasteiger partial charge in [0.2, 0.25) is 59.1 Å². The SMILES string of the molecule is NC(=O)[C@H](CCCCNC(=O)COCCOCCNC(=O)COCCOCCNC(=O)COCCOCCNC(=O)COCCOCCNC(=O)COCCOCCNC(=O)[C@@H](N)CCCCNC(=O)[C@@H](N)CCCCNC(=O)CCCNC(=O)CCCCCCCCCCCCCCCS)NI. The average Bonchev–Trinajstić information content (AvgIpc) is 3.45. The van der Waals surface area contributed by atoms with Gasteiger partial charge in [-0.3, -0.25) is 47.9 Å². The molecule has 0 aliphatic rings. The predicted octanol–water partition coefficient (Wildman–Crippen LogP) is 0.329. The van der Waals surface area contributed by atoms with Gasteiger partial charge in [0, 0.05) is 94.6 Å². The Morgan fingerprint density at radius 1 is 0.282 bits per heavy atom. The zero-order chi connectivity index (χ0) is 75.5. The number of ether oxygens (including phenoxy) is 10. The number of rotatable bonds is 78. The molecule has 0 aromatic carbocycles. The van der Waals surface area contributed by atoms with Gasteiger partial charge in [0.15, 0.2) is 0 Å². The van der Waals surface area contributed by atoms with Crippen LogP contribution in [-0.4, -0.2) is 274 Å². The number of amides is 10. The highest BCUT2D eigenvalue weighted by atomic mass is 127. The molecule has 103 heavy (non-hydrogen) atoms. The van der Waals surface area contributed by atoms with Gasteiger partial charge in [-0.05, 0) is 82.8 Å². The lowest BCUT2D eigenvalue weighted by Gasteiger charge is -2.14. The maximum absolute atomic E-state index is 12.5. The van der Waals surface area contributed by atoms with Crippen LogP contribution in [0.3, 0.4) is 0 Å². The maximum atomic E-state index is 12.5. The normalized spacial score (nSPS) is 12.0. The van der Waals surface area contributed by atoms with Crippen molar-refractivity contribution in [3.05, 3.63) is 0 Å². The second kappa shape index (κ2) is 75.5. The van der Waals surface area contributed by atoms with Crippen LogP contribution in [-0.2, 0) is 95.3 Å². The molecule has 0 aromatic heterocycles. The largest absolute Gasteiger partial charge is 0.377 e. The zero-order valence-corrected chi connectivity index (χ0v) is 64.4. The summed E-state index contributed by atoms with van der Waals surface area (Å²) in [4.78, 5) is 120. The molecule has 0 rings (SSSR count). The Morgan fingerprint density at radius 3 is 0.864 bits per heavy atom. The van der Waals surface area contributed by atoms with Crippen molar-refractivity contribution in [2.24, 2.45) is 17.2 Å².